The second-order valence-corrected chi connectivity index (χ2v) is 7.36. The van der Waals surface area contributed by atoms with Gasteiger partial charge in [-0.1, -0.05) is 13.8 Å². The third-order valence-corrected chi connectivity index (χ3v) is 5.75. The Morgan fingerprint density at radius 1 is 1.53 bits per heavy atom. The lowest BCUT2D eigenvalue weighted by atomic mass is 9.69. The van der Waals surface area contributed by atoms with Crippen molar-refractivity contribution >= 4 is 11.3 Å². The molecule has 1 heterocycles. The van der Waals surface area contributed by atoms with Crippen LogP contribution in [0.4, 0.5) is 0 Å². The van der Waals surface area contributed by atoms with Crippen molar-refractivity contribution in [3.05, 3.63) is 16.1 Å². The first-order chi connectivity index (χ1) is 8.98. The molecule has 1 saturated carbocycles. The molecule has 1 aromatic rings. The number of nitrogens with two attached hydrogens (primary N) is 1. The van der Waals surface area contributed by atoms with Crippen molar-refractivity contribution in [3.8, 4) is 0 Å². The Kier molecular flexibility index (Phi) is 4.64. The molecule has 108 valence electrons. The van der Waals surface area contributed by atoms with E-state index in [9.17, 15) is 0 Å². The fourth-order valence-corrected chi connectivity index (χ4v) is 4.19. The smallest absolute Gasteiger partial charge is 0.0897 e. The molecule has 0 radical (unpaired) electrons. The largest absolute Gasteiger partial charge is 0.329 e. The van der Waals surface area contributed by atoms with Gasteiger partial charge in [-0.05, 0) is 45.1 Å². The molecule has 0 saturated heterocycles. The third-order valence-electron chi connectivity index (χ3n) is 4.92. The molecule has 3 unspecified atom stereocenters. The summed E-state index contributed by atoms with van der Waals surface area (Å²) >= 11 is 1.73. The van der Waals surface area contributed by atoms with Gasteiger partial charge in [-0.3, -0.25) is 4.90 Å². The predicted molar refractivity (Wildman–Crippen MR) is 82.3 cm³/mol. The second-order valence-electron chi connectivity index (χ2n) is 6.30. The van der Waals surface area contributed by atoms with Gasteiger partial charge in [-0.15, -0.1) is 11.3 Å². The summed E-state index contributed by atoms with van der Waals surface area (Å²) in [5.74, 6) is 1.50. The number of aromatic nitrogens is 1. The Morgan fingerprint density at radius 3 is 2.79 bits per heavy atom. The predicted octanol–water partition coefficient (Wildman–Crippen LogP) is 3.04. The van der Waals surface area contributed by atoms with Gasteiger partial charge in [0.1, 0.15) is 0 Å². The molecule has 1 aromatic heterocycles. The van der Waals surface area contributed by atoms with Crippen LogP contribution in [0.5, 0.6) is 0 Å². The van der Waals surface area contributed by atoms with Crippen LogP contribution in [-0.2, 0) is 6.54 Å². The molecule has 1 fully saturated rings. The fraction of sp³-hybridized carbons (Fsp3) is 0.800. The summed E-state index contributed by atoms with van der Waals surface area (Å²) < 4.78 is 0. The summed E-state index contributed by atoms with van der Waals surface area (Å²) in [6.07, 6.45) is 3.80. The molecule has 1 aliphatic rings. The Balaban J connectivity index is 2.11. The monoisotopic (exact) mass is 281 g/mol. The average Bonchev–Trinajstić information content (AvgIpc) is 2.75. The maximum Gasteiger partial charge on any atom is 0.0897 e. The van der Waals surface area contributed by atoms with Crippen LogP contribution in [0.3, 0.4) is 0 Å². The van der Waals surface area contributed by atoms with Gasteiger partial charge in [0, 0.05) is 24.0 Å². The second kappa shape index (κ2) is 5.90. The number of thiazole rings is 1. The zero-order valence-electron chi connectivity index (χ0n) is 12.6. The molecule has 3 nitrogen and oxygen atoms in total. The lowest BCUT2D eigenvalue weighted by Gasteiger charge is -2.50. The number of likely N-dealkylation sites (N-methyl/N-ethyl adjacent to an activating group) is 1. The van der Waals surface area contributed by atoms with Gasteiger partial charge in [-0.25, -0.2) is 4.98 Å². The minimum absolute atomic E-state index is 0.157. The molecule has 0 bridgehead atoms. The number of nitrogens with zero attached hydrogens (tertiary/aromatic N) is 2. The van der Waals surface area contributed by atoms with Crippen LogP contribution < -0.4 is 5.73 Å². The topological polar surface area (TPSA) is 42.2 Å². The van der Waals surface area contributed by atoms with E-state index in [1.807, 2.05) is 0 Å². The Hall–Kier alpha value is -0.450. The minimum Gasteiger partial charge on any atom is -0.329 e. The van der Waals surface area contributed by atoms with Crippen molar-refractivity contribution in [1.82, 2.24) is 9.88 Å². The first kappa shape index (κ1) is 14.9. The van der Waals surface area contributed by atoms with Crippen molar-refractivity contribution in [2.75, 3.05) is 13.6 Å². The number of hydrogen-bond donors (Lipinski definition) is 1. The van der Waals surface area contributed by atoms with E-state index >= 15 is 0 Å². The van der Waals surface area contributed by atoms with Crippen LogP contribution in [0.1, 0.15) is 43.8 Å². The highest BCUT2D eigenvalue weighted by atomic mass is 32.1. The minimum atomic E-state index is 0.157. The van der Waals surface area contributed by atoms with Crippen molar-refractivity contribution in [1.29, 1.82) is 0 Å². The molecular formula is C15H27N3S. The molecule has 0 aromatic carbocycles. The maximum atomic E-state index is 6.17. The lowest BCUT2D eigenvalue weighted by molar-refractivity contribution is 0.0122. The normalized spacial score (nSPS) is 31.9. The van der Waals surface area contributed by atoms with E-state index in [0.29, 0.717) is 5.92 Å². The summed E-state index contributed by atoms with van der Waals surface area (Å²) in [6.45, 7) is 8.46. The summed E-state index contributed by atoms with van der Waals surface area (Å²) in [7, 11) is 2.22. The maximum absolute atomic E-state index is 6.17. The van der Waals surface area contributed by atoms with Crippen molar-refractivity contribution in [2.45, 2.75) is 52.1 Å². The first-order valence-corrected chi connectivity index (χ1v) is 8.18. The molecule has 1 aliphatic carbocycles. The molecule has 0 spiro atoms. The molecule has 3 atom stereocenters. The van der Waals surface area contributed by atoms with E-state index in [1.54, 1.807) is 11.3 Å². The van der Waals surface area contributed by atoms with E-state index < -0.39 is 0 Å². The molecule has 2 rings (SSSR count). The summed E-state index contributed by atoms with van der Waals surface area (Å²) in [4.78, 5) is 7.04. The summed E-state index contributed by atoms with van der Waals surface area (Å²) in [5.41, 5.74) is 7.52. The number of rotatable bonds is 4. The highest BCUT2D eigenvalue weighted by Gasteiger charge is 2.42. The van der Waals surface area contributed by atoms with E-state index in [1.165, 1.54) is 25.0 Å². The van der Waals surface area contributed by atoms with Crippen LogP contribution >= 0.6 is 11.3 Å². The Bertz CT molecular complexity index is 417. The van der Waals surface area contributed by atoms with Gasteiger partial charge in [0.2, 0.25) is 0 Å². The standard InChI is InChI=1S/C15H27N3S/c1-11-5-6-15(10-16,12(2)7-11)18(4)8-14-9-19-13(3)17-14/h9,11-12H,5-8,10,16H2,1-4H3. The van der Waals surface area contributed by atoms with Crippen molar-refractivity contribution in [3.63, 3.8) is 0 Å². The van der Waals surface area contributed by atoms with Crippen LogP contribution in [0.15, 0.2) is 5.38 Å². The van der Waals surface area contributed by atoms with E-state index in [2.05, 4.69) is 43.1 Å². The first-order valence-electron chi connectivity index (χ1n) is 7.30. The average molecular weight is 281 g/mol. The van der Waals surface area contributed by atoms with Gasteiger partial charge in [-0.2, -0.15) is 0 Å². The van der Waals surface area contributed by atoms with Gasteiger partial charge >= 0.3 is 0 Å². The molecular weight excluding hydrogens is 254 g/mol. The fourth-order valence-electron chi connectivity index (χ4n) is 3.59. The lowest BCUT2D eigenvalue weighted by Crippen LogP contribution is -2.58. The SMILES string of the molecule is Cc1nc(CN(C)C2(CN)CCC(C)CC2C)cs1. The Labute approximate surface area is 121 Å². The van der Waals surface area contributed by atoms with Crippen molar-refractivity contribution < 1.29 is 0 Å². The van der Waals surface area contributed by atoms with Crippen molar-refractivity contribution in [2.24, 2.45) is 17.6 Å². The number of aryl methyl sites for hydroxylation is 1. The van der Waals surface area contributed by atoms with Crippen LogP contribution in [-0.4, -0.2) is 29.0 Å². The van der Waals surface area contributed by atoms with E-state index in [4.69, 9.17) is 5.73 Å². The highest BCUT2D eigenvalue weighted by molar-refractivity contribution is 7.09. The van der Waals surface area contributed by atoms with Crippen LogP contribution in [0.25, 0.3) is 0 Å². The van der Waals surface area contributed by atoms with Crippen LogP contribution in [0, 0.1) is 18.8 Å². The zero-order chi connectivity index (χ0) is 14.0. The quantitative estimate of drug-likeness (QED) is 0.922. The molecule has 0 amide bonds. The summed E-state index contributed by atoms with van der Waals surface area (Å²) in [5, 5.41) is 3.32. The Morgan fingerprint density at radius 2 is 2.26 bits per heavy atom. The number of hydrogen-bond acceptors (Lipinski definition) is 4. The molecule has 2 N–H and O–H groups in total. The van der Waals surface area contributed by atoms with E-state index in [-0.39, 0.29) is 5.54 Å². The van der Waals surface area contributed by atoms with Gasteiger partial charge in [0.25, 0.3) is 0 Å². The van der Waals surface area contributed by atoms with Gasteiger partial charge in [0.05, 0.1) is 10.7 Å². The van der Waals surface area contributed by atoms with Crippen LogP contribution in [0.2, 0.25) is 0 Å². The third kappa shape index (κ3) is 3.01. The van der Waals surface area contributed by atoms with Gasteiger partial charge in [0.15, 0.2) is 0 Å². The zero-order valence-corrected chi connectivity index (χ0v) is 13.5. The molecule has 4 heteroatoms. The molecule has 0 aliphatic heterocycles. The van der Waals surface area contributed by atoms with E-state index in [0.717, 1.165) is 24.0 Å². The summed E-state index contributed by atoms with van der Waals surface area (Å²) in [6, 6.07) is 0. The van der Waals surface area contributed by atoms with Gasteiger partial charge < -0.3 is 5.73 Å². The molecule has 19 heavy (non-hydrogen) atoms. The highest BCUT2D eigenvalue weighted by Crippen LogP contribution is 2.40.